The van der Waals surface area contributed by atoms with E-state index in [2.05, 4.69) is 21.2 Å². The highest BCUT2D eigenvalue weighted by Gasteiger charge is 2.36. The molecule has 0 bridgehead atoms. The van der Waals surface area contributed by atoms with E-state index in [-0.39, 0.29) is 34.4 Å². The maximum absolute atomic E-state index is 14.0. The van der Waals surface area contributed by atoms with Crippen LogP contribution in [0.3, 0.4) is 0 Å². The van der Waals surface area contributed by atoms with Crippen molar-refractivity contribution in [2.24, 2.45) is 0 Å². The molecule has 0 spiro atoms. The molecule has 0 aliphatic carbocycles. The van der Waals surface area contributed by atoms with Crippen molar-refractivity contribution in [1.29, 1.82) is 0 Å². The van der Waals surface area contributed by atoms with Crippen molar-refractivity contribution in [3.63, 3.8) is 0 Å². The van der Waals surface area contributed by atoms with Crippen LogP contribution in [0.2, 0.25) is 5.02 Å². The molecule has 2 unspecified atom stereocenters. The van der Waals surface area contributed by atoms with Gasteiger partial charge in [-0.1, -0.05) is 11.6 Å². The molecule has 1 aliphatic heterocycles. The minimum Gasteiger partial charge on any atom is -0.311 e. The molecule has 1 heterocycles. The van der Waals surface area contributed by atoms with E-state index >= 15 is 0 Å². The summed E-state index contributed by atoms with van der Waals surface area (Å²) in [5.41, 5.74) is 0. The number of sulfonamides is 1. The third-order valence-electron chi connectivity index (χ3n) is 3.54. The zero-order chi connectivity index (χ0) is 15.1. The van der Waals surface area contributed by atoms with E-state index in [4.69, 9.17) is 11.6 Å². The maximum Gasteiger partial charge on any atom is 0.246 e. The van der Waals surface area contributed by atoms with Gasteiger partial charge in [0.25, 0.3) is 0 Å². The molecule has 1 N–H and O–H groups in total. The van der Waals surface area contributed by atoms with E-state index in [9.17, 15) is 12.8 Å². The van der Waals surface area contributed by atoms with Gasteiger partial charge < -0.3 is 5.32 Å². The minimum absolute atomic E-state index is 0. The van der Waals surface area contributed by atoms with Crippen LogP contribution < -0.4 is 5.32 Å². The van der Waals surface area contributed by atoms with E-state index in [1.165, 1.54) is 4.31 Å². The quantitative estimate of drug-likeness (QED) is 0.746. The molecule has 1 aromatic rings. The number of nitrogens with one attached hydrogen (secondary N) is 1. The fourth-order valence-electron chi connectivity index (χ4n) is 2.19. The Morgan fingerprint density at radius 2 is 2.05 bits per heavy atom. The first-order valence-corrected chi connectivity index (χ1v) is 8.76. The molecule has 0 saturated carbocycles. The van der Waals surface area contributed by atoms with Crippen LogP contribution in [0.5, 0.6) is 0 Å². The van der Waals surface area contributed by atoms with Crippen LogP contribution >= 0.6 is 39.9 Å². The smallest absolute Gasteiger partial charge is 0.246 e. The predicted molar refractivity (Wildman–Crippen MR) is 87.2 cm³/mol. The van der Waals surface area contributed by atoms with Crippen LogP contribution in [0.4, 0.5) is 4.39 Å². The van der Waals surface area contributed by atoms with Gasteiger partial charge in [0, 0.05) is 29.6 Å². The third-order valence-corrected chi connectivity index (χ3v) is 6.74. The van der Waals surface area contributed by atoms with E-state index in [0.717, 1.165) is 12.1 Å². The average Bonchev–Trinajstić information content (AvgIpc) is 2.36. The summed E-state index contributed by atoms with van der Waals surface area (Å²) in [6, 6.07) is 1.98. The standard InChI is InChI=1S/C12H15BrClFN2O2S.ClH/c1-7-8(2)17(4-3-16-7)20(18,19)12-6-10(14)9(13)5-11(12)15;/h5-8,16H,3-4H2,1-2H3;1H. The lowest BCUT2D eigenvalue weighted by Crippen LogP contribution is -2.57. The molecule has 120 valence electrons. The summed E-state index contributed by atoms with van der Waals surface area (Å²) >= 11 is 8.96. The van der Waals surface area contributed by atoms with Crippen molar-refractivity contribution >= 4 is 50.0 Å². The molecule has 0 radical (unpaired) electrons. The number of rotatable bonds is 2. The summed E-state index contributed by atoms with van der Waals surface area (Å²) in [5.74, 6) is -0.806. The highest BCUT2D eigenvalue weighted by atomic mass is 79.9. The first kappa shape index (κ1) is 19.1. The van der Waals surface area contributed by atoms with Gasteiger partial charge in [0.2, 0.25) is 10.0 Å². The zero-order valence-electron chi connectivity index (χ0n) is 11.4. The van der Waals surface area contributed by atoms with Crippen LogP contribution in [0.15, 0.2) is 21.5 Å². The third kappa shape index (κ3) is 3.71. The Hall–Kier alpha value is 0.0800. The van der Waals surface area contributed by atoms with E-state index in [1.807, 2.05) is 6.92 Å². The Morgan fingerprint density at radius 1 is 1.43 bits per heavy atom. The van der Waals surface area contributed by atoms with Crippen molar-refractivity contribution in [2.45, 2.75) is 30.8 Å². The van der Waals surface area contributed by atoms with Crippen LogP contribution in [-0.2, 0) is 10.0 Å². The molecule has 2 rings (SSSR count). The van der Waals surface area contributed by atoms with Gasteiger partial charge in [-0.05, 0) is 41.9 Å². The summed E-state index contributed by atoms with van der Waals surface area (Å²) < 4.78 is 40.9. The van der Waals surface area contributed by atoms with E-state index in [0.29, 0.717) is 17.6 Å². The zero-order valence-corrected chi connectivity index (χ0v) is 15.4. The number of nitrogens with zero attached hydrogens (tertiary/aromatic N) is 1. The highest BCUT2D eigenvalue weighted by Crippen LogP contribution is 2.30. The summed E-state index contributed by atoms with van der Waals surface area (Å²) in [4.78, 5) is -0.383. The monoisotopic (exact) mass is 420 g/mol. The fourth-order valence-corrected chi connectivity index (χ4v) is 4.51. The average molecular weight is 422 g/mol. The van der Waals surface area contributed by atoms with Crippen LogP contribution in [0.25, 0.3) is 0 Å². The molecule has 9 heteroatoms. The van der Waals surface area contributed by atoms with Crippen LogP contribution in [0, 0.1) is 5.82 Å². The van der Waals surface area contributed by atoms with Gasteiger partial charge in [0.15, 0.2) is 0 Å². The highest BCUT2D eigenvalue weighted by molar-refractivity contribution is 9.10. The maximum atomic E-state index is 14.0. The minimum atomic E-state index is -3.90. The topological polar surface area (TPSA) is 49.4 Å². The van der Waals surface area contributed by atoms with Gasteiger partial charge in [0.05, 0.1) is 5.02 Å². The Bertz CT molecular complexity index is 630. The number of piperazine rings is 1. The van der Waals surface area contributed by atoms with Crippen molar-refractivity contribution in [1.82, 2.24) is 9.62 Å². The lowest BCUT2D eigenvalue weighted by atomic mass is 10.1. The van der Waals surface area contributed by atoms with Gasteiger partial charge in [-0.25, -0.2) is 12.8 Å². The first-order valence-electron chi connectivity index (χ1n) is 6.15. The Labute approximate surface area is 143 Å². The molecule has 4 nitrogen and oxygen atoms in total. The van der Waals surface area contributed by atoms with Crippen molar-refractivity contribution in [2.75, 3.05) is 13.1 Å². The van der Waals surface area contributed by atoms with Gasteiger partial charge in [0.1, 0.15) is 10.7 Å². The molecule has 1 saturated heterocycles. The van der Waals surface area contributed by atoms with E-state index in [1.54, 1.807) is 6.92 Å². The van der Waals surface area contributed by atoms with Gasteiger partial charge in [-0.2, -0.15) is 4.31 Å². The molecule has 0 amide bonds. The van der Waals surface area contributed by atoms with Crippen molar-refractivity contribution in [3.8, 4) is 0 Å². The van der Waals surface area contributed by atoms with Gasteiger partial charge in [-0.15, -0.1) is 12.4 Å². The first-order chi connectivity index (χ1) is 9.25. The largest absolute Gasteiger partial charge is 0.311 e. The number of hydrogen-bond acceptors (Lipinski definition) is 3. The Morgan fingerprint density at radius 3 is 2.67 bits per heavy atom. The number of hydrogen-bond donors (Lipinski definition) is 1. The molecule has 1 aromatic carbocycles. The molecular formula is C12H16BrCl2FN2O2S. The van der Waals surface area contributed by atoms with Crippen LogP contribution in [0.1, 0.15) is 13.8 Å². The number of halogens is 4. The van der Waals surface area contributed by atoms with Gasteiger partial charge >= 0.3 is 0 Å². The van der Waals surface area contributed by atoms with Crippen LogP contribution in [-0.4, -0.2) is 37.9 Å². The Kier molecular flexibility index (Phi) is 6.47. The lowest BCUT2D eigenvalue weighted by molar-refractivity contribution is 0.232. The second-order valence-corrected chi connectivity index (χ2v) is 7.92. The van der Waals surface area contributed by atoms with Crippen molar-refractivity contribution < 1.29 is 12.8 Å². The molecule has 1 fully saturated rings. The summed E-state index contributed by atoms with van der Waals surface area (Å²) in [7, 11) is -3.90. The SMILES string of the molecule is CC1NCCN(S(=O)(=O)c2cc(Cl)c(Br)cc2F)C1C.Cl. The summed E-state index contributed by atoms with van der Waals surface area (Å²) in [6.45, 7) is 4.54. The predicted octanol–water partition coefficient (Wildman–Crippen LogP) is 3.03. The molecular weight excluding hydrogens is 406 g/mol. The fraction of sp³-hybridized carbons (Fsp3) is 0.500. The summed E-state index contributed by atoms with van der Waals surface area (Å²) in [5, 5.41) is 3.35. The normalized spacial score (nSPS) is 23.7. The summed E-state index contributed by atoms with van der Waals surface area (Å²) in [6.07, 6.45) is 0. The van der Waals surface area contributed by atoms with E-state index < -0.39 is 15.8 Å². The lowest BCUT2D eigenvalue weighted by Gasteiger charge is -2.37. The second-order valence-electron chi connectivity index (χ2n) is 4.80. The number of benzene rings is 1. The molecule has 0 aromatic heterocycles. The molecule has 2 atom stereocenters. The molecule has 1 aliphatic rings. The van der Waals surface area contributed by atoms with Crippen molar-refractivity contribution in [3.05, 3.63) is 27.4 Å². The molecule has 21 heavy (non-hydrogen) atoms. The van der Waals surface area contributed by atoms with Gasteiger partial charge in [-0.3, -0.25) is 0 Å². The second kappa shape index (κ2) is 7.10. The Balaban J connectivity index is 0.00000220.